The Bertz CT molecular complexity index is 1410. The molecule has 0 radical (unpaired) electrons. The molecule has 0 aliphatic carbocycles. The first kappa shape index (κ1) is 67.3. The molecule has 0 aromatic heterocycles. The fourth-order valence-electron chi connectivity index (χ4n) is 8.13. The molecule has 0 spiro atoms. The molecule has 1 atom stereocenters. The average Bonchev–Trinajstić information content (AvgIpc) is 3.37. The highest BCUT2D eigenvalue weighted by Crippen LogP contribution is 2.15. The van der Waals surface area contributed by atoms with Crippen LogP contribution in [0, 0.1) is 0 Å². The summed E-state index contributed by atoms with van der Waals surface area (Å²) in [6.45, 7) is 6.45. The van der Waals surface area contributed by atoms with Crippen LogP contribution >= 0.6 is 0 Å². The van der Waals surface area contributed by atoms with Gasteiger partial charge in [-0.05, 0) is 96.3 Å². The van der Waals surface area contributed by atoms with E-state index < -0.39 is 6.10 Å². The molecule has 0 heterocycles. The number of allylic oxidation sites excluding steroid dienone is 16. The molecule has 406 valence electrons. The third kappa shape index (κ3) is 57.1. The van der Waals surface area contributed by atoms with Crippen LogP contribution in [0.1, 0.15) is 278 Å². The van der Waals surface area contributed by atoms with Crippen LogP contribution in [0.4, 0.5) is 0 Å². The summed E-state index contributed by atoms with van der Waals surface area (Å²) in [7, 11) is 0. The molecule has 1 unspecified atom stereocenters. The van der Waals surface area contributed by atoms with Crippen LogP contribution in [0.2, 0.25) is 0 Å². The quantitative estimate of drug-likeness (QED) is 0.0261. The number of unbranched alkanes of at least 4 members (excludes halogenated alkanes) is 26. The Morgan fingerprint density at radius 1 is 0.296 bits per heavy atom. The van der Waals surface area contributed by atoms with Crippen LogP contribution in [0.3, 0.4) is 0 Å². The maximum Gasteiger partial charge on any atom is 0.306 e. The lowest BCUT2D eigenvalue weighted by Gasteiger charge is -2.18. The van der Waals surface area contributed by atoms with E-state index in [1.807, 2.05) is 0 Å². The van der Waals surface area contributed by atoms with Gasteiger partial charge in [-0.15, -0.1) is 0 Å². The van der Waals surface area contributed by atoms with Gasteiger partial charge in [0.25, 0.3) is 0 Å². The van der Waals surface area contributed by atoms with E-state index in [0.717, 1.165) is 135 Å². The largest absolute Gasteiger partial charge is 0.462 e. The Kier molecular flexibility index (Phi) is 55.9. The van der Waals surface area contributed by atoms with Crippen molar-refractivity contribution in [3.8, 4) is 0 Å². The van der Waals surface area contributed by atoms with E-state index in [1.165, 1.54) is 103 Å². The Labute approximate surface area is 438 Å². The number of carbonyl (C=O) groups excluding carboxylic acids is 3. The van der Waals surface area contributed by atoms with Gasteiger partial charge in [0.2, 0.25) is 0 Å². The van der Waals surface area contributed by atoms with Gasteiger partial charge < -0.3 is 14.2 Å². The van der Waals surface area contributed by atoms with E-state index in [9.17, 15) is 14.4 Å². The SMILES string of the molecule is CC/C=C\C/C=C\C/C=C\C/C=C\C/C=C\C/C=C\CCCCCCCCCCC(=O)OCC(COC(=O)CCCCCCCCCCCCCCC)OC(=O)CCCCCCC/C=C\C/C=C\CCC. The molecule has 6 nitrogen and oxygen atoms in total. The summed E-state index contributed by atoms with van der Waals surface area (Å²) >= 11 is 0. The van der Waals surface area contributed by atoms with Crippen molar-refractivity contribution in [1.82, 2.24) is 0 Å². The highest BCUT2D eigenvalue weighted by Gasteiger charge is 2.19. The Balaban J connectivity index is 4.30. The predicted octanol–water partition coefficient (Wildman–Crippen LogP) is 20.1. The molecule has 0 saturated carbocycles. The summed E-state index contributed by atoms with van der Waals surface area (Å²) in [6.07, 6.45) is 78.3. The third-order valence-corrected chi connectivity index (χ3v) is 12.6. The zero-order valence-electron chi connectivity index (χ0n) is 46.5. The van der Waals surface area contributed by atoms with Crippen LogP contribution in [-0.4, -0.2) is 37.2 Å². The van der Waals surface area contributed by atoms with Crippen LogP contribution < -0.4 is 0 Å². The zero-order chi connectivity index (χ0) is 51.4. The first-order chi connectivity index (χ1) is 35.0. The van der Waals surface area contributed by atoms with Gasteiger partial charge in [-0.25, -0.2) is 0 Å². The number of hydrogen-bond donors (Lipinski definition) is 0. The van der Waals surface area contributed by atoms with Gasteiger partial charge in [-0.3, -0.25) is 14.4 Å². The number of ether oxygens (including phenoxy) is 3. The van der Waals surface area contributed by atoms with Gasteiger partial charge in [0.05, 0.1) is 0 Å². The molecule has 0 fully saturated rings. The first-order valence-electron chi connectivity index (χ1n) is 29.7. The second kappa shape index (κ2) is 58.9. The minimum absolute atomic E-state index is 0.0837. The van der Waals surface area contributed by atoms with Crippen molar-refractivity contribution in [2.45, 2.75) is 284 Å². The minimum Gasteiger partial charge on any atom is -0.462 e. The molecule has 0 aromatic rings. The summed E-state index contributed by atoms with van der Waals surface area (Å²) in [6, 6.07) is 0. The normalized spacial score (nSPS) is 12.8. The van der Waals surface area contributed by atoms with Gasteiger partial charge >= 0.3 is 17.9 Å². The van der Waals surface area contributed by atoms with Gasteiger partial charge in [0.15, 0.2) is 6.10 Å². The van der Waals surface area contributed by atoms with E-state index in [2.05, 4.69) is 118 Å². The van der Waals surface area contributed by atoms with E-state index >= 15 is 0 Å². The first-order valence-corrected chi connectivity index (χ1v) is 29.7. The summed E-state index contributed by atoms with van der Waals surface area (Å²) in [4.78, 5) is 38.1. The van der Waals surface area contributed by atoms with Crippen molar-refractivity contribution in [2.75, 3.05) is 13.2 Å². The molecule has 0 rings (SSSR count). The van der Waals surface area contributed by atoms with Crippen LogP contribution in [0.5, 0.6) is 0 Å². The highest BCUT2D eigenvalue weighted by atomic mass is 16.6. The van der Waals surface area contributed by atoms with E-state index in [1.54, 1.807) is 0 Å². The fraction of sp³-hybridized carbons (Fsp3) is 0.708. The predicted molar refractivity (Wildman–Crippen MR) is 307 cm³/mol. The molecule has 71 heavy (non-hydrogen) atoms. The Morgan fingerprint density at radius 2 is 0.577 bits per heavy atom. The van der Waals surface area contributed by atoms with Gasteiger partial charge in [0, 0.05) is 19.3 Å². The molecule has 0 saturated heterocycles. The summed E-state index contributed by atoms with van der Waals surface area (Å²) in [5.41, 5.74) is 0. The molecule has 6 heteroatoms. The fourth-order valence-corrected chi connectivity index (χ4v) is 8.13. The van der Waals surface area contributed by atoms with Crippen molar-refractivity contribution >= 4 is 17.9 Å². The zero-order valence-corrected chi connectivity index (χ0v) is 46.5. The van der Waals surface area contributed by atoms with E-state index in [0.29, 0.717) is 19.3 Å². The summed E-state index contributed by atoms with van der Waals surface area (Å²) in [5.74, 6) is -0.902. The van der Waals surface area contributed by atoms with Crippen molar-refractivity contribution in [3.63, 3.8) is 0 Å². The Hall–Kier alpha value is -3.67. The lowest BCUT2D eigenvalue weighted by atomic mass is 10.0. The smallest absolute Gasteiger partial charge is 0.306 e. The molecular weight excluding hydrogens is 877 g/mol. The van der Waals surface area contributed by atoms with Crippen molar-refractivity contribution in [1.29, 1.82) is 0 Å². The van der Waals surface area contributed by atoms with E-state index in [-0.39, 0.29) is 31.1 Å². The Morgan fingerprint density at radius 3 is 0.915 bits per heavy atom. The molecular formula is C65H110O6. The minimum atomic E-state index is -0.787. The number of esters is 3. The topological polar surface area (TPSA) is 78.9 Å². The van der Waals surface area contributed by atoms with E-state index in [4.69, 9.17) is 14.2 Å². The van der Waals surface area contributed by atoms with Gasteiger partial charge in [-0.1, -0.05) is 259 Å². The highest BCUT2D eigenvalue weighted by molar-refractivity contribution is 5.71. The molecule has 0 amide bonds. The summed E-state index contributed by atoms with van der Waals surface area (Å²) < 4.78 is 16.8. The number of rotatable bonds is 53. The molecule has 0 aliphatic rings. The maximum atomic E-state index is 12.8. The molecule has 0 aliphatic heterocycles. The number of hydrogen-bond acceptors (Lipinski definition) is 6. The second-order valence-corrected chi connectivity index (χ2v) is 19.5. The van der Waals surface area contributed by atoms with Crippen molar-refractivity contribution in [2.24, 2.45) is 0 Å². The second-order valence-electron chi connectivity index (χ2n) is 19.5. The molecule has 0 bridgehead atoms. The number of carbonyl (C=O) groups is 3. The molecule has 0 aromatic carbocycles. The van der Waals surface area contributed by atoms with Gasteiger partial charge in [0.1, 0.15) is 13.2 Å². The summed E-state index contributed by atoms with van der Waals surface area (Å²) in [5, 5.41) is 0. The van der Waals surface area contributed by atoms with Crippen LogP contribution in [-0.2, 0) is 28.6 Å². The van der Waals surface area contributed by atoms with Crippen molar-refractivity contribution in [3.05, 3.63) is 97.2 Å². The monoisotopic (exact) mass is 987 g/mol. The average molecular weight is 988 g/mol. The lowest BCUT2D eigenvalue weighted by molar-refractivity contribution is -0.167. The van der Waals surface area contributed by atoms with Gasteiger partial charge in [-0.2, -0.15) is 0 Å². The van der Waals surface area contributed by atoms with Crippen molar-refractivity contribution < 1.29 is 28.6 Å². The van der Waals surface area contributed by atoms with Crippen LogP contribution in [0.15, 0.2) is 97.2 Å². The maximum absolute atomic E-state index is 12.8. The lowest BCUT2D eigenvalue weighted by Crippen LogP contribution is -2.30. The molecule has 0 N–H and O–H groups in total. The third-order valence-electron chi connectivity index (χ3n) is 12.6. The standard InChI is InChI=1S/C65H110O6/c1-4-7-10-13-16-19-22-25-26-27-28-29-30-31-32-33-34-35-36-37-38-41-43-46-49-52-55-58-64(67)70-61-62(71-65(68)59-56-53-50-47-44-40-24-21-18-15-12-9-6-3)60-69-63(66)57-54-51-48-45-42-39-23-20-17-14-11-8-5-2/h7,10,12,15-16,19,21,24-26,28-29,31-32,34-35,62H,4-6,8-9,11,13-14,17-18,20,22-23,27,30,33,36-61H2,1-3H3/b10-7-,15-12-,19-16-,24-21-,26-25-,29-28-,32-31-,35-34-. The van der Waals surface area contributed by atoms with Crippen LogP contribution in [0.25, 0.3) is 0 Å².